The van der Waals surface area contributed by atoms with E-state index in [0.717, 1.165) is 28.8 Å². The lowest BCUT2D eigenvalue weighted by Crippen LogP contribution is -2.52. The minimum absolute atomic E-state index is 0.192. The van der Waals surface area contributed by atoms with Crippen LogP contribution >= 0.6 is 0 Å². The molecular weight excluding hydrogens is 509 g/mol. The molecule has 1 heterocycles. The number of amides is 1. The van der Waals surface area contributed by atoms with E-state index in [-0.39, 0.29) is 6.54 Å². The maximum atomic E-state index is 13.8. The molecule has 0 aromatic heterocycles. The first kappa shape index (κ1) is 28.1. The van der Waals surface area contributed by atoms with E-state index >= 15 is 0 Å². The predicted molar refractivity (Wildman–Crippen MR) is 143 cm³/mol. The first-order chi connectivity index (χ1) is 18.4. The van der Waals surface area contributed by atoms with Gasteiger partial charge in [-0.2, -0.15) is 13.2 Å². The summed E-state index contributed by atoms with van der Waals surface area (Å²) in [4.78, 5) is 15.4. The number of benzene rings is 3. The zero-order chi connectivity index (χ0) is 28.4. The minimum Gasteiger partial charge on any atom is -0.493 e. The van der Waals surface area contributed by atoms with Gasteiger partial charge in [0.1, 0.15) is 5.60 Å². The highest BCUT2D eigenvalue weighted by molar-refractivity contribution is 5.72. The molecule has 9 heteroatoms. The van der Waals surface area contributed by atoms with Crippen LogP contribution in [0, 0.1) is 0 Å². The molecule has 0 saturated heterocycles. The molecule has 0 spiro atoms. The molecule has 1 amide bonds. The molecule has 1 aliphatic rings. The van der Waals surface area contributed by atoms with Crippen molar-refractivity contribution in [3.8, 4) is 11.5 Å². The minimum atomic E-state index is -4.46. The number of carbonyl (C=O) groups excluding carboxylic acids is 1. The molecule has 4 rings (SSSR count). The van der Waals surface area contributed by atoms with Crippen molar-refractivity contribution in [2.45, 2.75) is 51.1 Å². The number of fused-ring (bicyclic) bond motifs is 1. The molecule has 0 saturated carbocycles. The highest BCUT2D eigenvalue weighted by Crippen LogP contribution is 2.43. The quantitative estimate of drug-likeness (QED) is 0.361. The molecule has 0 aliphatic carbocycles. The Labute approximate surface area is 226 Å². The Bertz CT molecular complexity index is 1310. The average molecular weight is 543 g/mol. The lowest BCUT2D eigenvalue weighted by molar-refractivity contribution is -0.137. The summed E-state index contributed by atoms with van der Waals surface area (Å²) in [5, 5.41) is 3.12. The van der Waals surface area contributed by atoms with Crippen LogP contribution in [0.1, 0.15) is 49.1 Å². The summed E-state index contributed by atoms with van der Waals surface area (Å²) < 4.78 is 56.9. The summed E-state index contributed by atoms with van der Waals surface area (Å²) in [6.07, 6.45) is -4.56. The first-order valence-electron chi connectivity index (χ1n) is 12.6. The van der Waals surface area contributed by atoms with Crippen molar-refractivity contribution in [2.75, 3.05) is 26.1 Å². The highest BCUT2D eigenvalue weighted by Gasteiger charge is 2.41. The number of alkyl halides is 3. The largest absolute Gasteiger partial charge is 0.493 e. The second-order valence-corrected chi connectivity index (χ2v) is 10.4. The van der Waals surface area contributed by atoms with Crippen LogP contribution in [0.4, 0.5) is 23.7 Å². The van der Waals surface area contributed by atoms with E-state index in [0.29, 0.717) is 23.6 Å². The van der Waals surface area contributed by atoms with Crippen molar-refractivity contribution in [2.24, 2.45) is 0 Å². The standard InChI is InChI=1S/C30H33F3N2O4/c1-29(2,3)39-28(36)35-23(18-34-22-13-9-12-21(16-22)30(31,32)33)14-20-15-25(37-4)26(38-5)17-24(20)27(35)19-10-7-6-8-11-19/h6-13,15-17,23,27,34H,14,18H2,1-5H3/t23-,27-/m0/s1. The maximum absolute atomic E-state index is 13.8. The van der Waals surface area contributed by atoms with Gasteiger partial charge in [0.05, 0.1) is 31.9 Å². The van der Waals surface area contributed by atoms with Crippen molar-refractivity contribution in [1.29, 1.82) is 0 Å². The molecule has 1 aliphatic heterocycles. The normalized spacial score (nSPS) is 17.3. The monoisotopic (exact) mass is 542 g/mol. The van der Waals surface area contributed by atoms with Crippen molar-refractivity contribution < 1.29 is 32.2 Å². The third-order valence-electron chi connectivity index (χ3n) is 6.52. The number of methoxy groups -OCH3 is 2. The third kappa shape index (κ3) is 6.41. The van der Waals surface area contributed by atoms with E-state index in [9.17, 15) is 18.0 Å². The number of hydrogen-bond donors (Lipinski definition) is 1. The second kappa shape index (κ2) is 11.1. The SMILES string of the molecule is COc1cc2c(cc1OC)[C@H](c1ccccc1)N(C(=O)OC(C)(C)C)[C@H](CNc1cccc(C(F)(F)F)c1)C2. The summed E-state index contributed by atoms with van der Waals surface area (Å²) in [7, 11) is 3.11. The van der Waals surface area contributed by atoms with Crippen LogP contribution in [0.5, 0.6) is 11.5 Å². The van der Waals surface area contributed by atoms with E-state index in [1.165, 1.54) is 6.07 Å². The third-order valence-corrected chi connectivity index (χ3v) is 6.52. The Hall–Kier alpha value is -3.88. The van der Waals surface area contributed by atoms with E-state index in [1.807, 2.05) is 42.5 Å². The fourth-order valence-electron chi connectivity index (χ4n) is 4.84. The molecule has 208 valence electrons. The van der Waals surface area contributed by atoms with Gasteiger partial charge < -0.3 is 19.5 Å². The Balaban J connectivity index is 1.80. The van der Waals surface area contributed by atoms with Crippen LogP contribution in [0.2, 0.25) is 0 Å². The molecule has 3 aromatic rings. The smallest absolute Gasteiger partial charge is 0.416 e. The number of carbonyl (C=O) groups is 1. The van der Waals surface area contributed by atoms with E-state index in [4.69, 9.17) is 14.2 Å². The topological polar surface area (TPSA) is 60.0 Å². The lowest BCUT2D eigenvalue weighted by Gasteiger charge is -2.44. The molecule has 0 unspecified atom stereocenters. The zero-order valence-corrected chi connectivity index (χ0v) is 22.6. The molecule has 0 radical (unpaired) electrons. The number of nitrogens with zero attached hydrogens (tertiary/aromatic N) is 1. The molecule has 0 fully saturated rings. The average Bonchev–Trinajstić information content (AvgIpc) is 2.89. The van der Waals surface area contributed by atoms with Gasteiger partial charge in [-0.25, -0.2) is 4.79 Å². The van der Waals surface area contributed by atoms with Crippen molar-refractivity contribution >= 4 is 11.8 Å². The van der Waals surface area contributed by atoms with Gasteiger partial charge in [0, 0.05) is 12.2 Å². The first-order valence-corrected chi connectivity index (χ1v) is 12.6. The molecule has 2 atom stereocenters. The Morgan fingerprint density at radius 2 is 1.62 bits per heavy atom. The van der Waals surface area contributed by atoms with E-state index < -0.39 is 35.5 Å². The van der Waals surface area contributed by atoms with E-state index in [1.54, 1.807) is 46.0 Å². The predicted octanol–water partition coefficient (Wildman–Crippen LogP) is 7.09. The van der Waals surface area contributed by atoms with E-state index in [2.05, 4.69) is 5.32 Å². The zero-order valence-electron chi connectivity index (χ0n) is 22.6. The number of ether oxygens (including phenoxy) is 3. The molecule has 0 bridgehead atoms. The van der Waals surface area contributed by atoms with Gasteiger partial charge in [-0.3, -0.25) is 4.90 Å². The van der Waals surface area contributed by atoms with Gasteiger partial charge in [-0.15, -0.1) is 0 Å². The van der Waals surface area contributed by atoms with Crippen molar-refractivity contribution in [1.82, 2.24) is 4.90 Å². The van der Waals surface area contributed by atoms with Gasteiger partial charge in [0.25, 0.3) is 0 Å². The molecular formula is C30H33F3N2O4. The van der Waals surface area contributed by atoms with Gasteiger partial charge >= 0.3 is 12.3 Å². The summed E-state index contributed by atoms with van der Waals surface area (Å²) in [5.74, 6) is 1.08. The molecule has 3 aromatic carbocycles. The number of anilines is 1. The summed E-state index contributed by atoms with van der Waals surface area (Å²) in [5.41, 5.74) is 1.47. The van der Waals surface area contributed by atoms with Crippen LogP contribution < -0.4 is 14.8 Å². The van der Waals surface area contributed by atoms with Crippen LogP contribution in [0.3, 0.4) is 0 Å². The summed E-state index contributed by atoms with van der Waals surface area (Å²) in [6.45, 7) is 5.58. The van der Waals surface area contributed by atoms with Crippen LogP contribution in [0.25, 0.3) is 0 Å². The number of hydrogen-bond acceptors (Lipinski definition) is 5. The molecule has 6 nitrogen and oxygen atoms in total. The van der Waals surface area contributed by atoms with Crippen molar-refractivity contribution in [3.63, 3.8) is 0 Å². The lowest BCUT2D eigenvalue weighted by atomic mass is 9.84. The Morgan fingerprint density at radius 1 is 0.949 bits per heavy atom. The number of halogens is 3. The molecule has 39 heavy (non-hydrogen) atoms. The highest BCUT2D eigenvalue weighted by atomic mass is 19.4. The van der Waals surface area contributed by atoms with Gasteiger partial charge in [0.2, 0.25) is 0 Å². The fraction of sp³-hybridized carbons (Fsp3) is 0.367. The number of nitrogens with one attached hydrogen (secondary N) is 1. The van der Waals surface area contributed by atoms with Crippen LogP contribution in [-0.4, -0.2) is 43.4 Å². The summed E-state index contributed by atoms with van der Waals surface area (Å²) in [6, 6.07) is 17.4. The van der Waals surface area contributed by atoms with Crippen molar-refractivity contribution in [3.05, 3.63) is 89.0 Å². The van der Waals surface area contributed by atoms with Crippen LogP contribution in [0.15, 0.2) is 66.7 Å². The maximum Gasteiger partial charge on any atom is 0.416 e. The van der Waals surface area contributed by atoms with Crippen LogP contribution in [-0.2, 0) is 17.3 Å². The molecule has 1 N–H and O–H groups in total. The Kier molecular flexibility index (Phi) is 7.99. The van der Waals surface area contributed by atoms with Gasteiger partial charge in [-0.1, -0.05) is 36.4 Å². The van der Waals surface area contributed by atoms with Gasteiger partial charge in [-0.05, 0) is 74.2 Å². The van der Waals surface area contributed by atoms with Gasteiger partial charge in [0.15, 0.2) is 11.5 Å². The number of rotatable bonds is 6. The fourth-order valence-corrected chi connectivity index (χ4v) is 4.84. The summed E-state index contributed by atoms with van der Waals surface area (Å²) >= 11 is 0. The second-order valence-electron chi connectivity index (χ2n) is 10.4. The Morgan fingerprint density at radius 3 is 2.23 bits per heavy atom.